The van der Waals surface area contributed by atoms with E-state index in [-0.39, 0.29) is 30.2 Å². The molecule has 0 aliphatic carbocycles. The van der Waals surface area contributed by atoms with Crippen LogP contribution in [0.3, 0.4) is 0 Å². The van der Waals surface area contributed by atoms with Crippen molar-refractivity contribution in [2.45, 2.75) is 20.0 Å². The van der Waals surface area contributed by atoms with Crippen LogP contribution in [-0.2, 0) is 39.7 Å². The number of aryl methyl sites for hydroxylation is 1. The number of hydrogen-bond acceptors (Lipinski definition) is 6. The van der Waals surface area contributed by atoms with Crippen LogP contribution < -0.4 is 0 Å². The van der Waals surface area contributed by atoms with E-state index in [2.05, 4.69) is 9.88 Å². The van der Waals surface area contributed by atoms with Crippen molar-refractivity contribution >= 4 is 11.9 Å². The Kier molecular flexibility index (Phi) is 9.18. The molecule has 2 heterocycles. The zero-order chi connectivity index (χ0) is 18.4. The fraction of sp³-hybridized carbons (Fsp3) is 0.588. The van der Waals surface area contributed by atoms with Crippen LogP contribution in [0.25, 0.3) is 0 Å². The summed E-state index contributed by atoms with van der Waals surface area (Å²) in [6.07, 6.45) is 0. The summed E-state index contributed by atoms with van der Waals surface area (Å²) in [5.74, 6) is -1.70. The molecule has 0 fully saturated rings. The number of carboxylic acids is 2. The van der Waals surface area contributed by atoms with Gasteiger partial charge in [-0.1, -0.05) is 0 Å². The largest absolute Gasteiger partial charge is 0.480 e. The Balaban J connectivity index is 0.00000338. The zero-order valence-corrected chi connectivity index (χ0v) is 16.4. The number of hydrogen-bond donors (Lipinski definition) is 2. The Bertz CT molecular complexity index is 581. The van der Waals surface area contributed by atoms with Crippen LogP contribution >= 0.6 is 0 Å². The predicted molar refractivity (Wildman–Crippen MR) is 92.3 cm³/mol. The first-order valence-electron chi connectivity index (χ1n) is 8.35. The average Bonchev–Trinajstić information content (AvgIpc) is 2.47. The molecule has 0 saturated heterocycles. The molecule has 2 N–H and O–H groups in total. The molecule has 0 amide bonds. The van der Waals surface area contributed by atoms with E-state index in [1.54, 1.807) is 0 Å². The molecule has 1 aliphatic heterocycles. The molecule has 145 valence electrons. The van der Waals surface area contributed by atoms with Crippen LogP contribution in [0.4, 0.5) is 0 Å². The monoisotopic (exact) mass is 405 g/mol. The third kappa shape index (κ3) is 7.80. The number of rotatable bonds is 4. The van der Waals surface area contributed by atoms with Gasteiger partial charge in [-0.25, -0.2) is 0 Å². The molecular weight excluding hydrogens is 379 g/mol. The summed E-state index contributed by atoms with van der Waals surface area (Å²) in [5, 5.41) is 18.3. The smallest absolute Gasteiger partial charge is 0.317 e. The minimum absolute atomic E-state index is 0. The first-order chi connectivity index (χ1) is 11.8. The van der Waals surface area contributed by atoms with Crippen molar-refractivity contribution in [2.75, 3.05) is 46.3 Å². The summed E-state index contributed by atoms with van der Waals surface area (Å²) in [6.45, 7) is 5.52. The molecule has 0 unspecified atom stereocenters. The summed E-state index contributed by atoms with van der Waals surface area (Å²) < 4.78 is 0. The number of nitrogens with zero attached hydrogens (tertiary/aromatic N) is 4. The Labute approximate surface area is 164 Å². The predicted octanol–water partition coefficient (Wildman–Crippen LogP) is 0.106. The van der Waals surface area contributed by atoms with Gasteiger partial charge in [-0.2, -0.15) is 0 Å². The zero-order valence-electron chi connectivity index (χ0n) is 15.2. The molecule has 0 spiro atoms. The number of aromatic nitrogens is 1. The first kappa shape index (κ1) is 22.5. The summed E-state index contributed by atoms with van der Waals surface area (Å²) in [6, 6.07) is 3.91. The molecule has 8 nitrogen and oxygen atoms in total. The van der Waals surface area contributed by atoms with Crippen molar-refractivity contribution in [3.8, 4) is 0 Å². The summed E-state index contributed by atoms with van der Waals surface area (Å²) in [7, 11) is 1.96. The Morgan fingerprint density at radius 3 is 1.77 bits per heavy atom. The van der Waals surface area contributed by atoms with E-state index in [9.17, 15) is 9.59 Å². The van der Waals surface area contributed by atoms with Crippen LogP contribution in [0.15, 0.2) is 12.1 Å². The molecule has 1 aliphatic rings. The molecule has 26 heavy (non-hydrogen) atoms. The third-order valence-electron chi connectivity index (χ3n) is 4.16. The summed E-state index contributed by atoms with van der Waals surface area (Å²) in [5.41, 5.74) is 2.67. The topological polar surface area (TPSA) is 97.2 Å². The molecule has 1 aromatic heterocycles. The molecule has 0 aromatic carbocycles. The molecular formula is C17H26MnN4O4. The van der Waals surface area contributed by atoms with Gasteiger partial charge in [0.05, 0.1) is 24.5 Å². The maximum Gasteiger partial charge on any atom is 0.317 e. The van der Waals surface area contributed by atoms with Crippen molar-refractivity contribution in [1.82, 2.24) is 19.7 Å². The normalized spacial score (nSPS) is 17.6. The minimum atomic E-state index is -0.852. The van der Waals surface area contributed by atoms with Gasteiger partial charge in [-0.3, -0.25) is 24.4 Å². The van der Waals surface area contributed by atoms with E-state index in [1.807, 2.05) is 35.9 Å². The van der Waals surface area contributed by atoms with Crippen LogP contribution in [0.1, 0.15) is 17.0 Å². The van der Waals surface area contributed by atoms with Gasteiger partial charge in [0, 0.05) is 56.3 Å². The number of fused-ring (bicyclic) bond motifs is 2. The molecule has 9 heteroatoms. The number of aliphatic carboxylic acids is 2. The molecule has 0 atom stereocenters. The SMILES string of the molecule is Cc1cc2nc(c1)CN(CC(=O)O)CCN(C)CCN(CC(=O)O)C2.[Mn]. The fourth-order valence-corrected chi connectivity index (χ4v) is 2.98. The van der Waals surface area contributed by atoms with Gasteiger partial charge in [0.2, 0.25) is 0 Å². The van der Waals surface area contributed by atoms with Gasteiger partial charge < -0.3 is 15.1 Å². The third-order valence-corrected chi connectivity index (χ3v) is 4.16. The Morgan fingerprint density at radius 2 is 1.38 bits per heavy atom. The second-order valence-electron chi connectivity index (χ2n) is 6.64. The molecule has 1 aromatic rings. The Morgan fingerprint density at radius 1 is 0.962 bits per heavy atom. The fourth-order valence-electron chi connectivity index (χ4n) is 2.98. The Hall–Kier alpha value is -1.51. The number of pyridine rings is 1. The van der Waals surface area contributed by atoms with Gasteiger partial charge >= 0.3 is 11.9 Å². The van der Waals surface area contributed by atoms with E-state index in [0.29, 0.717) is 39.3 Å². The standard InChI is InChI=1S/C17H26N4O4.Mn/c1-13-7-14-9-20(11-16(22)23)5-3-19(2)4-6-21(12-17(24)25)10-15(8-13)18-14;/h7-8H,3-6,9-12H2,1-2H3,(H,22,23)(H,24,25);. The average molecular weight is 405 g/mol. The van der Waals surface area contributed by atoms with Gasteiger partial charge in [0.1, 0.15) is 0 Å². The maximum absolute atomic E-state index is 11.1. The number of carbonyl (C=O) groups is 2. The van der Waals surface area contributed by atoms with E-state index < -0.39 is 11.9 Å². The second kappa shape index (κ2) is 10.6. The maximum atomic E-state index is 11.1. The molecule has 2 bridgehead atoms. The van der Waals surface area contributed by atoms with E-state index in [4.69, 9.17) is 10.2 Å². The van der Waals surface area contributed by atoms with Gasteiger partial charge in [0.25, 0.3) is 0 Å². The van der Waals surface area contributed by atoms with Crippen LogP contribution in [0, 0.1) is 6.92 Å². The number of carboxylic acid groups (broad SMARTS) is 2. The van der Waals surface area contributed by atoms with Crippen molar-refractivity contribution in [2.24, 2.45) is 0 Å². The second-order valence-corrected chi connectivity index (χ2v) is 6.64. The van der Waals surface area contributed by atoms with Gasteiger partial charge in [0.15, 0.2) is 0 Å². The van der Waals surface area contributed by atoms with E-state index >= 15 is 0 Å². The minimum Gasteiger partial charge on any atom is -0.480 e. The van der Waals surface area contributed by atoms with E-state index in [0.717, 1.165) is 17.0 Å². The van der Waals surface area contributed by atoms with Gasteiger partial charge in [-0.05, 0) is 31.7 Å². The van der Waals surface area contributed by atoms with Crippen molar-refractivity contribution in [3.05, 3.63) is 29.1 Å². The summed E-state index contributed by atoms with van der Waals surface area (Å²) >= 11 is 0. The number of likely N-dealkylation sites (N-methyl/N-ethyl adjacent to an activating group) is 1. The van der Waals surface area contributed by atoms with Gasteiger partial charge in [-0.15, -0.1) is 0 Å². The molecule has 0 saturated carbocycles. The van der Waals surface area contributed by atoms with Crippen LogP contribution in [0.2, 0.25) is 0 Å². The van der Waals surface area contributed by atoms with Crippen molar-refractivity contribution in [1.29, 1.82) is 0 Å². The molecule has 1 radical (unpaired) electrons. The summed E-state index contributed by atoms with van der Waals surface area (Å²) in [4.78, 5) is 32.7. The van der Waals surface area contributed by atoms with Crippen molar-refractivity contribution in [3.63, 3.8) is 0 Å². The quantitative estimate of drug-likeness (QED) is 0.682. The van der Waals surface area contributed by atoms with E-state index in [1.165, 1.54) is 0 Å². The van der Waals surface area contributed by atoms with Crippen LogP contribution in [0.5, 0.6) is 0 Å². The van der Waals surface area contributed by atoms with Crippen molar-refractivity contribution < 1.29 is 36.9 Å². The first-order valence-corrected chi connectivity index (χ1v) is 8.35. The molecule has 2 rings (SSSR count). The van der Waals surface area contributed by atoms with Crippen LogP contribution in [-0.4, -0.2) is 88.2 Å².